The van der Waals surface area contributed by atoms with Crippen LogP contribution in [0.2, 0.25) is 0 Å². The van der Waals surface area contributed by atoms with Gasteiger partial charge in [0.15, 0.2) is 0 Å². The van der Waals surface area contributed by atoms with Gasteiger partial charge in [-0.3, -0.25) is 0 Å². The lowest BCUT2D eigenvalue weighted by Gasteiger charge is -2.30. The van der Waals surface area contributed by atoms with Crippen LogP contribution in [0, 0.1) is 6.92 Å². The molecule has 7 heteroatoms. The summed E-state index contributed by atoms with van der Waals surface area (Å²) in [5.74, 6) is 1.45. The second kappa shape index (κ2) is 8.14. The van der Waals surface area contributed by atoms with Crippen molar-refractivity contribution >= 4 is 27.6 Å². The van der Waals surface area contributed by atoms with Gasteiger partial charge >= 0.3 is 6.03 Å². The Morgan fingerprint density at radius 3 is 2.64 bits per heavy atom. The Bertz CT molecular complexity index is 963. The van der Waals surface area contributed by atoms with Crippen LogP contribution < -0.4 is 5.32 Å². The van der Waals surface area contributed by atoms with Crippen molar-refractivity contribution in [1.29, 1.82) is 0 Å². The van der Waals surface area contributed by atoms with Crippen LogP contribution in [0.5, 0.6) is 0 Å². The molecule has 0 radical (unpaired) electrons. The van der Waals surface area contributed by atoms with Gasteiger partial charge in [-0.1, -0.05) is 57.0 Å². The summed E-state index contributed by atoms with van der Waals surface area (Å²) < 4.78 is 6.44. The number of carbonyl (C=O) groups excluding carboxylic acids is 1. The molecule has 144 valence electrons. The molecule has 3 aromatic rings. The quantitative estimate of drug-likeness (QED) is 0.605. The van der Waals surface area contributed by atoms with Gasteiger partial charge in [0.05, 0.1) is 0 Å². The molecule has 0 atom stereocenters. The summed E-state index contributed by atoms with van der Waals surface area (Å²) in [6.45, 7) is 3.37. The summed E-state index contributed by atoms with van der Waals surface area (Å²) in [6.07, 6.45) is 1.61. The number of rotatable bonds is 3. The van der Waals surface area contributed by atoms with E-state index in [0.717, 1.165) is 28.6 Å². The van der Waals surface area contributed by atoms with Crippen molar-refractivity contribution in [3.63, 3.8) is 0 Å². The number of nitrogens with zero attached hydrogens (tertiary/aromatic N) is 3. The first-order valence-electron chi connectivity index (χ1n) is 9.30. The molecule has 0 spiro atoms. The fourth-order valence-electron chi connectivity index (χ4n) is 3.32. The number of amides is 2. The molecule has 1 aliphatic heterocycles. The average Bonchev–Trinajstić information content (AvgIpc) is 3.19. The number of hydrogen-bond donors (Lipinski definition) is 1. The summed E-state index contributed by atoms with van der Waals surface area (Å²) in [5.41, 5.74) is 2.92. The zero-order chi connectivity index (χ0) is 19.5. The molecule has 1 aromatic heterocycles. The number of urea groups is 1. The molecule has 1 fully saturated rings. The van der Waals surface area contributed by atoms with Crippen molar-refractivity contribution in [2.45, 2.75) is 25.7 Å². The van der Waals surface area contributed by atoms with E-state index in [1.165, 1.54) is 5.56 Å². The lowest BCUT2D eigenvalue weighted by atomic mass is 9.97. The van der Waals surface area contributed by atoms with Gasteiger partial charge in [0.25, 0.3) is 0 Å². The predicted molar refractivity (Wildman–Crippen MR) is 111 cm³/mol. The largest absolute Gasteiger partial charge is 0.339 e. The number of piperidine rings is 1. The highest BCUT2D eigenvalue weighted by atomic mass is 79.9. The van der Waals surface area contributed by atoms with E-state index in [-0.39, 0.29) is 11.9 Å². The summed E-state index contributed by atoms with van der Waals surface area (Å²) in [5, 5.41) is 7.07. The van der Waals surface area contributed by atoms with E-state index in [9.17, 15) is 4.79 Å². The van der Waals surface area contributed by atoms with Gasteiger partial charge in [0.2, 0.25) is 11.7 Å². The van der Waals surface area contributed by atoms with Gasteiger partial charge in [-0.2, -0.15) is 4.98 Å². The first kappa shape index (κ1) is 18.7. The highest BCUT2D eigenvalue weighted by Gasteiger charge is 2.27. The van der Waals surface area contributed by atoms with E-state index in [0.29, 0.717) is 24.8 Å². The molecule has 2 amide bonds. The normalized spacial score (nSPS) is 14.9. The van der Waals surface area contributed by atoms with Crippen molar-refractivity contribution in [2.75, 3.05) is 18.4 Å². The third kappa shape index (κ3) is 4.25. The number of nitrogens with one attached hydrogen (secondary N) is 1. The fourth-order valence-corrected chi connectivity index (χ4v) is 3.72. The van der Waals surface area contributed by atoms with Crippen LogP contribution in [-0.2, 0) is 0 Å². The van der Waals surface area contributed by atoms with Crippen molar-refractivity contribution in [3.8, 4) is 11.4 Å². The summed E-state index contributed by atoms with van der Waals surface area (Å²) in [6, 6.07) is 15.6. The molecular formula is C21H21BrN4O2. The van der Waals surface area contributed by atoms with E-state index >= 15 is 0 Å². The Morgan fingerprint density at radius 2 is 1.93 bits per heavy atom. The Labute approximate surface area is 172 Å². The van der Waals surface area contributed by atoms with E-state index in [1.807, 2.05) is 60.4 Å². The average molecular weight is 441 g/mol. The maximum atomic E-state index is 12.5. The van der Waals surface area contributed by atoms with E-state index < -0.39 is 0 Å². The van der Waals surface area contributed by atoms with Crippen LogP contribution in [0.25, 0.3) is 11.4 Å². The number of likely N-dealkylation sites (tertiary alicyclic amines) is 1. The first-order valence-corrected chi connectivity index (χ1v) is 10.1. The van der Waals surface area contributed by atoms with Crippen molar-refractivity contribution < 1.29 is 9.32 Å². The second-order valence-electron chi connectivity index (χ2n) is 7.02. The van der Waals surface area contributed by atoms with Crippen LogP contribution in [0.4, 0.5) is 10.5 Å². The first-order chi connectivity index (χ1) is 13.6. The Hall–Kier alpha value is -2.67. The molecule has 28 heavy (non-hydrogen) atoms. The van der Waals surface area contributed by atoms with E-state index in [2.05, 4.69) is 31.4 Å². The van der Waals surface area contributed by atoms with E-state index in [1.54, 1.807) is 0 Å². The zero-order valence-corrected chi connectivity index (χ0v) is 17.1. The Balaban J connectivity index is 1.35. The van der Waals surface area contributed by atoms with Crippen LogP contribution in [0.1, 0.15) is 30.2 Å². The minimum absolute atomic E-state index is 0.0811. The number of hydrogen-bond acceptors (Lipinski definition) is 4. The van der Waals surface area contributed by atoms with Crippen molar-refractivity contribution in [1.82, 2.24) is 15.0 Å². The molecule has 2 aromatic carbocycles. The number of aryl methyl sites for hydroxylation is 1. The third-order valence-corrected chi connectivity index (χ3v) is 5.45. The van der Waals surface area contributed by atoms with Crippen molar-refractivity contribution in [3.05, 3.63) is 64.5 Å². The molecular weight excluding hydrogens is 420 g/mol. The smallest absolute Gasteiger partial charge is 0.321 e. The molecule has 2 heterocycles. The van der Waals surface area contributed by atoms with Gasteiger partial charge in [-0.15, -0.1) is 0 Å². The number of benzene rings is 2. The molecule has 6 nitrogen and oxygen atoms in total. The van der Waals surface area contributed by atoms with Gasteiger partial charge in [0.1, 0.15) is 0 Å². The van der Waals surface area contributed by atoms with Crippen LogP contribution in [0.15, 0.2) is 57.5 Å². The molecule has 4 rings (SSSR count). The maximum Gasteiger partial charge on any atom is 0.321 e. The third-order valence-electron chi connectivity index (χ3n) is 4.96. The molecule has 1 N–H and O–H groups in total. The summed E-state index contributed by atoms with van der Waals surface area (Å²) in [4.78, 5) is 18.9. The molecule has 0 saturated carbocycles. The number of aromatic nitrogens is 2. The molecule has 1 saturated heterocycles. The van der Waals surface area contributed by atoms with Crippen LogP contribution in [0.3, 0.4) is 0 Å². The SMILES string of the molecule is Cc1ccc(-c2noc(C3CCN(C(=O)Nc4cccc(Br)c4)CC3)n2)cc1. The standard InChI is InChI=1S/C21H21BrN4O2/c1-14-5-7-15(8-6-14)19-24-20(28-25-19)16-9-11-26(12-10-16)21(27)23-18-4-2-3-17(22)13-18/h2-8,13,16H,9-12H2,1H3,(H,23,27). The Morgan fingerprint density at radius 1 is 1.18 bits per heavy atom. The predicted octanol–water partition coefficient (Wildman–Crippen LogP) is 5.22. The fraction of sp³-hybridized carbons (Fsp3) is 0.286. The minimum atomic E-state index is -0.0811. The lowest BCUT2D eigenvalue weighted by molar-refractivity contribution is 0.187. The zero-order valence-electron chi connectivity index (χ0n) is 15.6. The Kier molecular flexibility index (Phi) is 5.43. The second-order valence-corrected chi connectivity index (χ2v) is 7.94. The molecule has 0 bridgehead atoms. The van der Waals surface area contributed by atoms with Crippen LogP contribution in [-0.4, -0.2) is 34.2 Å². The highest BCUT2D eigenvalue weighted by Crippen LogP contribution is 2.29. The maximum absolute atomic E-state index is 12.5. The lowest BCUT2D eigenvalue weighted by Crippen LogP contribution is -2.40. The van der Waals surface area contributed by atoms with E-state index in [4.69, 9.17) is 4.52 Å². The van der Waals surface area contributed by atoms with Crippen molar-refractivity contribution in [2.24, 2.45) is 0 Å². The molecule has 0 unspecified atom stereocenters. The highest BCUT2D eigenvalue weighted by molar-refractivity contribution is 9.10. The van der Waals surface area contributed by atoms with Crippen LogP contribution >= 0.6 is 15.9 Å². The van der Waals surface area contributed by atoms with Gasteiger partial charge in [0, 0.05) is 34.7 Å². The number of carbonyl (C=O) groups is 1. The number of anilines is 1. The summed E-state index contributed by atoms with van der Waals surface area (Å²) in [7, 11) is 0. The number of halogens is 1. The topological polar surface area (TPSA) is 71.3 Å². The summed E-state index contributed by atoms with van der Waals surface area (Å²) >= 11 is 3.42. The molecule has 1 aliphatic rings. The van der Waals surface area contributed by atoms with Gasteiger partial charge < -0.3 is 14.7 Å². The van der Waals surface area contributed by atoms with Gasteiger partial charge in [-0.05, 0) is 38.0 Å². The minimum Gasteiger partial charge on any atom is -0.339 e. The monoisotopic (exact) mass is 440 g/mol. The molecule has 0 aliphatic carbocycles. The van der Waals surface area contributed by atoms with Gasteiger partial charge in [-0.25, -0.2) is 4.79 Å².